The first-order chi connectivity index (χ1) is 14.0. The molecule has 2 aromatic carbocycles. The number of rotatable bonds is 1. The maximum Gasteiger partial charge on any atom is 0.256 e. The lowest BCUT2D eigenvalue weighted by Gasteiger charge is -2.46. The number of piperidine rings is 1. The quantitative estimate of drug-likeness (QED) is 0.650. The number of benzene rings is 2. The number of anilines is 1. The molecule has 1 saturated heterocycles. The van der Waals surface area contributed by atoms with E-state index in [0.717, 1.165) is 18.5 Å². The number of fused-ring (bicyclic) bond motifs is 4. The fourth-order valence-corrected chi connectivity index (χ4v) is 4.78. The number of carbonyl (C=O) groups excluding carboxylic acids is 1. The Morgan fingerprint density at radius 2 is 1.79 bits per heavy atom. The molecule has 0 bridgehead atoms. The monoisotopic (exact) mass is 389 g/mol. The van der Waals surface area contributed by atoms with Crippen LogP contribution in [0.15, 0.2) is 54.7 Å². The zero-order valence-corrected chi connectivity index (χ0v) is 16.7. The molecule has 29 heavy (non-hydrogen) atoms. The molecular weight excluding hydrogens is 365 g/mol. The molecule has 1 amide bonds. The van der Waals surface area contributed by atoms with E-state index < -0.39 is 5.82 Å². The Labute approximate surface area is 170 Å². The van der Waals surface area contributed by atoms with Crippen molar-refractivity contribution in [3.05, 3.63) is 82.9 Å². The van der Waals surface area contributed by atoms with Gasteiger partial charge in [-0.05, 0) is 68.1 Å². The molecule has 1 aromatic heterocycles. The molecular formula is C24H24FN3O. The number of nitrogens with one attached hydrogen (secondary N) is 1. The third-order valence-corrected chi connectivity index (χ3v) is 6.56. The molecule has 4 nitrogen and oxygen atoms in total. The Balaban J connectivity index is 1.45. The lowest BCUT2D eigenvalue weighted by atomic mass is 9.81. The molecule has 0 atom stereocenters. The molecule has 5 heteroatoms. The second kappa shape index (κ2) is 6.48. The topological polar surface area (TPSA) is 37.3 Å². The van der Waals surface area contributed by atoms with E-state index >= 15 is 0 Å². The first-order valence-corrected chi connectivity index (χ1v) is 10.1. The number of hydrogen-bond donors (Lipinski definition) is 1. The van der Waals surface area contributed by atoms with Crippen molar-refractivity contribution in [2.45, 2.75) is 32.2 Å². The summed E-state index contributed by atoms with van der Waals surface area (Å²) < 4.78 is 16.4. The predicted octanol–water partition coefficient (Wildman–Crippen LogP) is 4.79. The van der Waals surface area contributed by atoms with Crippen LogP contribution in [-0.2, 0) is 5.54 Å². The van der Waals surface area contributed by atoms with Gasteiger partial charge >= 0.3 is 0 Å². The number of hydrogen-bond acceptors (Lipinski definition) is 2. The second-order valence-electron chi connectivity index (χ2n) is 8.15. The first-order valence-electron chi connectivity index (χ1n) is 10.1. The van der Waals surface area contributed by atoms with Crippen LogP contribution in [-0.4, -0.2) is 28.5 Å². The summed E-state index contributed by atoms with van der Waals surface area (Å²) in [5, 5.41) is 3.80. The molecule has 1 spiro atoms. The van der Waals surface area contributed by atoms with E-state index in [1.54, 1.807) is 23.1 Å². The van der Waals surface area contributed by atoms with Crippen LogP contribution in [0.4, 0.5) is 10.1 Å². The molecule has 3 aromatic rings. The number of aromatic nitrogens is 1. The summed E-state index contributed by atoms with van der Waals surface area (Å²) in [5.41, 5.74) is 6.05. The van der Waals surface area contributed by atoms with Crippen LogP contribution < -0.4 is 5.32 Å². The molecule has 1 N–H and O–H groups in total. The molecule has 2 aliphatic rings. The molecule has 0 radical (unpaired) electrons. The molecule has 0 unspecified atom stereocenters. The van der Waals surface area contributed by atoms with Gasteiger partial charge in [-0.1, -0.05) is 18.2 Å². The fourth-order valence-electron chi connectivity index (χ4n) is 4.78. The summed E-state index contributed by atoms with van der Waals surface area (Å²) in [6.07, 6.45) is 3.69. The van der Waals surface area contributed by atoms with Gasteiger partial charge in [-0.25, -0.2) is 4.39 Å². The zero-order chi connectivity index (χ0) is 20.2. The molecule has 3 heterocycles. The third-order valence-electron chi connectivity index (χ3n) is 6.56. The molecule has 1 fully saturated rings. The van der Waals surface area contributed by atoms with Gasteiger partial charge in [0.2, 0.25) is 0 Å². The number of carbonyl (C=O) groups is 1. The Bertz CT molecular complexity index is 1110. The Kier molecular flexibility index (Phi) is 4.02. The van der Waals surface area contributed by atoms with Gasteiger partial charge in [-0.2, -0.15) is 0 Å². The van der Waals surface area contributed by atoms with Crippen molar-refractivity contribution in [2.24, 2.45) is 0 Å². The number of nitrogens with zero attached hydrogens (tertiary/aromatic N) is 2. The van der Waals surface area contributed by atoms with Gasteiger partial charge in [0.05, 0.1) is 22.5 Å². The molecule has 0 saturated carbocycles. The van der Waals surface area contributed by atoms with Crippen LogP contribution in [0.1, 0.15) is 40.0 Å². The lowest BCUT2D eigenvalue weighted by Crippen LogP contribution is -2.51. The van der Waals surface area contributed by atoms with Crippen molar-refractivity contribution in [3.8, 4) is 5.69 Å². The highest BCUT2D eigenvalue weighted by Gasteiger charge is 2.42. The van der Waals surface area contributed by atoms with Crippen LogP contribution in [0.5, 0.6) is 0 Å². The first kappa shape index (κ1) is 18.0. The summed E-state index contributed by atoms with van der Waals surface area (Å²) in [5.74, 6) is -0.682. The Morgan fingerprint density at radius 3 is 2.55 bits per heavy atom. The van der Waals surface area contributed by atoms with E-state index in [1.807, 2.05) is 0 Å². The highest BCUT2D eigenvalue weighted by molar-refractivity contribution is 5.94. The highest BCUT2D eigenvalue weighted by atomic mass is 19.1. The summed E-state index contributed by atoms with van der Waals surface area (Å²) in [6, 6.07) is 14.8. The number of halogens is 1. The summed E-state index contributed by atoms with van der Waals surface area (Å²) in [6.45, 7) is 5.47. The van der Waals surface area contributed by atoms with Crippen LogP contribution >= 0.6 is 0 Å². The van der Waals surface area contributed by atoms with Gasteiger partial charge in [0, 0.05) is 25.0 Å². The van der Waals surface area contributed by atoms with Crippen LogP contribution in [0.3, 0.4) is 0 Å². The number of amides is 1. The smallest absolute Gasteiger partial charge is 0.256 e. The second-order valence-corrected chi connectivity index (χ2v) is 8.15. The van der Waals surface area contributed by atoms with Gasteiger partial charge in [0.25, 0.3) is 5.91 Å². The SMILES string of the molecule is Cc1ccc2c(c1C)-n1cccc1C1(CCN(C(=O)c3ccccc3F)CC1)N2. The van der Waals surface area contributed by atoms with Crippen molar-refractivity contribution < 1.29 is 9.18 Å². The van der Waals surface area contributed by atoms with Crippen molar-refractivity contribution in [2.75, 3.05) is 18.4 Å². The van der Waals surface area contributed by atoms with E-state index in [4.69, 9.17) is 0 Å². The van der Waals surface area contributed by atoms with E-state index in [1.165, 1.54) is 28.6 Å². The zero-order valence-electron chi connectivity index (χ0n) is 16.7. The average Bonchev–Trinajstić information content (AvgIpc) is 3.22. The lowest BCUT2D eigenvalue weighted by molar-refractivity contribution is 0.0672. The minimum Gasteiger partial charge on any atom is -0.372 e. The van der Waals surface area contributed by atoms with Gasteiger partial charge in [-0.15, -0.1) is 0 Å². The number of aryl methyl sites for hydroxylation is 1. The van der Waals surface area contributed by atoms with E-state index in [9.17, 15) is 9.18 Å². The fraction of sp³-hybridized carbons (Fsp3) is 0.292. The van der Waals surface area contributed by atoms with E-state index in [-0.39, 0.29) is 17.0 Å². The van der Waals surface area contributed by atoms with Crippen molar-refractivity contribution in [3.63, 3.8) is 0 Å². The summed E-state index contributed by atoms with van der Waals surface area (Å²) in [4.78, 5) is 14.6. The van der Waals surface area contributed by atoms with Gasteiger partial charge in [-0.3, -0.25) is 4.79 Å². The van der Waals surface area contributed by atoms with Gasteiger partial charge in [0.1, 0.15) is 5.82 Å². The average molecular weight is 389 g/mol. The maximum absolute atomic E-state index is 14.1. The summed E-state index contributed by atoms with van der Waals surface area (Å²) in [7, 11) is 0. The molecule has 0 aliphatic carbocycles. The molecule has 148 valence electrons. The minimum atomic E-state index is -0.456. The molecule has 5 rings (SSSR count). The van der Waals surface area contributed by atoms with Crippen molar-refractivity contribution in [1.29, 1.82) is 0 Å². The maximum atomic E-state index is 14.1. The standard InChI is InChI=1S/C24H24FN3O/c1-16-9-10-20-22(17(16)2)28-13-5-8-21(28)24(26-20)11-14-27(15-12-24)23(29)18-6-3-4-7-19(18)25/h3-10,13,26H,11-12,14-15H2,1-2H3. The third kappa shape index (κ3) is 2.68. The predicted molar refractivity (Wildman–Crippen MR) is 112 cm³/mol. The van der Waals surface area contributed by atoms with Crippen LogP contribution in [0, 0.1) is 19.7 Å². The van der Waals surface area contributed by atoms with E-state index in [0.29, 0.717) is 13.1 Å². The largest absolute Gasteiger partial charge is 0.372 e. The molecule has 2 aliphatic heterocycles. The van der Waals surface area contributed by atoms with Gasteiger partial charge in [0.15, 0.2) is 0 Å². The van der Waals surface area contributed by atoms with Gasteiger partial charge < -0.3 is 14.8 Å². The normalized spacial score (nSPS) is 16.9. The van der Waals surface area contributed by atoms with Crippen molar-refractivity contribution >= 4 is 11.6 Å². The Hall–Kier alpha value is -3.08. The van der Waals surface area contributed by atoms with Crippen LogP contribution in [0.2, 0.25) is 0 Å². The van der Waals surface area contributed by atoms with Crippen LogP contribution in [0.25, 0.3) is 5.69 Å². The van der Waals surface area contributed by atoms with E-state index in [2.05, 4.69) is 54.2 Å². The number of likely N-dealkylation sites (tertiary alicyclic amines) is 1. The highest BCUT2D eigenvalue weighted by Crippen LogP contribution is 2.44. The minimum absolute atomic E-state index is 0.153. The van der Waals surface area contributed by atoms with Crippen molar-refractivity contribution in [1.82, 2.24) is 9.47 Å². The Morgan fingerprint density at radius 1 is 1.03 bits per heavy atom. The summed E-state index contributed by atoms with van der Waals surface area (Å²) >= 11 is 0.